The molecule has 0 aromatic carbocycles. The van der Waals surface area contributed by atoms with Crippen LogP contribution in [-0.2, 0) is 4.79 Å². The first-order valence-electron chi connectivity index (χ1n) is 3.58. The van der Waals surface area contributed by atoms with Crippen molar-refractivity contribution in [2.24, 2.45) is 5.41 Å². The molecule has 1 aliphatic heterocycles. The van der Waals surface area contributed by atoms with Crippen molar-refractivity contribution < 1.29 is 4.79 Å². The van der Waals surface area contributed by atoms with E-state index < -0.39 is 0 Å². The summed E-state index contributed by atoms with van der Waals surface area (Å²) in [6.45, 7) is 2.09. The minimum absolute atomic E-state index is 0.186. The predicted molar refractivity (Wildman–Crippen MR) is 34.2 cm³/mol. The summed E-state index contributed by atoms with van der Waals surface area (Å²) >= 11 is 0. The van der Waals surface area contributed by atoms with Crippen molar-refractivity contribution >= 4 is 5.78 Å². The van der Waals surface area contributed by atoms with Crippen molar-refractivity contribution in [3.8, 4) is 0 Å². The number of nitrogens with one attached hydrogen (secondary N) is 1. The maximum Gasteiger partial charge on any atom is 0.140 e. The molecule has 1 N–H and O–H groups in total. The summed E-state index contributed by atoms with van der Waals surface area (Å²) in [6, 6.07) is 0. The van der Waals surface area contributed by atoms with Gasteiger partial charge in [0.05, 0.1) is 0 Å². The van der Waals surface area contributed by atoms with Crippen molar-refractivity contribution in [1.82, 2.24) is 5.32 Å². The highest BCUT2D eigenvalue weighted by Crippen LogP contribution is 2.48. The minimum atomic E-state index is 0.186. The van der Waals surface area contributed by atoms with Gasteiger partial charge in [0.25, 0.3) is 0 Å². The predicted octanol–water partition coefficient (Wildman–Crippen LogP) is 0.329. The fourth-order valence-corrected chi connectivity index (χ4v) is 1.62. The highest BCUT2D eigenvalue weighted by atomic mass is 16.1. The first kappa shape index (κ1) is 5.42. The van der Waals surface area contributed by atoms with Crippen LogP contribution in [0.2, 0.25) is 0 Å². The molecule has 0 aromatic heterocycles. The van der Waals surface area contributed by atoms with Crippen LogP contribution in [-0.4, -0.2) is 18.9 Å². The van der Waals surface area contributed by atoms with Crippen LogP contribution in [0.4, 0.5) is 0 Å². The molecule has 1 heterocycles. The van der Waals surface area contributed by atoms with E-state index in [1.54, 1.807) is 0 Å². The minimum Gasteiger partial charge on any atom is -0.317 e. The Morgan fingerprint density at radius 1 is 1.33 bits per heavy atom. The number of carbonyl (C=O) groups is 1. The van der Waals surface area contributed by atoms with Gasteiger partial charge in [-0.05, 0) is 25.9 Å². The van der Waals surface area contributed by atoms with Crippen LogP contribution in [0.3, 0.4) is 0 Å². The lowest BCUT2D eigenvalue weighted by molar-refractivity contribution is -0.113. The van der Waals surface area contributed by atoms with Gasteiger partial charge < -0.3 is 5.32 Å². The Balaban J connectivity index is 2.04. The Bertz CT molecular complexity index is 147. The Labute approximate surface area is 54.6 Å². The highest BCUT2D eigenvalue weighted by Gasteiger charge is 2.53. The molecular weight excluding hydrogens is 114 g/mol. The van der Waals surface area contributed by atoms with E-state index in [4.69, 9.17) is 0 Å². The monoisotopic (exact) mass is 125 g/mol. The van der Waals surface area contributed by atoms with E-state index in [1.807, 2.05) is 0 Å². The van der Waals surface area contributed by atoms with Gasteiger partial charge in [-0.25, -0.2) is 0 Å². The number of rotatable bonds is 0. The summed E-state index contributed by atoms with van der Waals surface area (Å²) in [5.74, 6) is 0.504. The normalized spacial score (nSPS) is 30.9. The third-order valence-electron chi connectivity index (χ3n) is 2.53. The topological polar surface area (TPSA) is 29.1 Å². The fraction of sp³-hybridized carbons (Fsp3) is 0.857. The average molecular weight is 125 g/mol. The molecule has 2 fully saturated rings. The van der Waals surface area contributed by atoms with E-state index in [0.717, 1.165) is 32.4 Å². The molecule has 9 heavy (non-hydrogen) atoms. The maximum atomic E-state index is 10.8. The van der Waals surface area contributed by atoms with Gasteiger partial charge >= 0.3 is 0 Å². The molecule has 1 saturated carbocycles. The fourth-order valence-electron chi connectivity index (χ4n) is 1.62. The van der Waals surface area contributed by atoms with Gasteiger partial charge in [0.2, 0.25) is 0 Å². The third-order valence-corrected chi connectivity index (χ3v) is 2.53. The summed E-state index contributed by atoms with van der Waals surface area (Å²) in [5.41, 5.74) is 0.186. The van der Waals surface area contributed by atoms with E-state index >= 15 is 0 Å². The lowest BCUT2D eigenvalue weighted by Gasteiger charge is -2.19. The van der Waals surface area contributed by atoms with Crippen molar-refractivity contribution in [3.63, 3.8) is 0 Å². The lowest BCUT2D eigenvalue weighted by Crippen LogP contribution is -2.29. The molecular formula is C7H11NO. The highest BCUT2D eigenvalue weighted by molar-refractivity contribution is 6.00. The van der Waals surface area contributed by atoms with E-state index in [9.17, 15) is 4.79 Å². The van der Waals surface area contributed by atoms with Gasteiger partial charge in [0, 0.05) is 11.8 Å². The number of carbonyl (C=O) groups excluding carboxylic acids is 1. The van der Waals surface area contributed by atoms with Gasteiger partial charge in [0.15, 0.2) is 0 Å². The molecule has 2 aliphatic rings. The molecule has 0 aromatic rings. The van der Waals surface area contributed by atoms with Crippen LogP contribution in [0.1, 0.15) is 19.3 Å². The number of hydrogen-bond donors (Lipinski definition) is 1. The van der Waals surface area contributed by atoms with Crippen molar-refractivity contribution in [3.05, 3.63) is 0 Å². The summed E-state index contributed by atoms with van der Waals surface area (Å²) in [4.78, 5) is 10.8. The Morgan fingerprint density at radius 3 is 2.22 bits per heavy atom. The maximum absolute atomic E-state index is 10.8. The molecule has 50 valence electrons. The molecule has 1 aliphatic carbocycles. The molecule has 1 spiro atoms. The first-order valence-corrected chi connectivity index (χ1v) is 3.58. The van der Waals surface area contributed by atoms with Crippen LogP contribution in [0.25, 0.3) is 0 Å². The Kier molecular flexibility index (Phi) is 0.943. The van der Waals surface area contributed by atoms with Gasteiger partial charge in [0.1, 0.15) is 5.78 Å². The second kappa shape index (κ2) is 1.57. The number of hydrogen-bond acceptors (Lipinski definition) is 2. The summed E-state index contributed by atoms with van der Waals surface area (Å²) in [5, 5.41) is 3.25. The van der Waals surface area contributed by atoms with Gasteiger partial charge in [-0.1, -0.05) is 0 Å². The van der Waals surface area contributed by atoms with Crippen molar-refractivity contribution in [1.29, 1.82) is 0 Å². The van der Waals surface area contributed by atoms with Crippen LogP contribution in [0.5, 0.6) is 0 Å². The summed E-state index contributed by atoms with van der Waals surface area (Å²) in [7, 11) is 0. The Hall–Kier alpha value is -0.370. The van der Waals surface area contributed by atoms with Crippen molar-refractivity contribution in [2.75, 3.05) is 13.1 Å². The second-order valence-electron chi connectivity index (χ2n) is 3.13. The second-order valence-corrected chi connectivity index (χ2v) is 3.13. The molecule has 0 radical (unpaired) electrons. The van der Waals surface area contributed by atoms with Crippen molar-refractivity contribution in [2.45, 2.75) is 19.3 Å². The van der Waals surface area contributed by atoms with Gasteiger partial charge in [-0.15, -0.1) is 0 Å². The molecule has 0 bridgehead atoms. The lowest BCUT2D eigenvalue weighted by atomic mass is 9.95. The number of piperidine rings is 1. The Morgan fingerprint density at radius 2 is 1.89 bits per heavy atom. The first-order chi connectivity index (χ1) is 4.33. The quantitative estimate of drug-likeness (QED) is 0.505. The smallest absolute Gasteiger partial charge is 0.140 e. The number of Topliss-reactive ketones (excluding diaryl/α,β-unsaturated/α-hetero) is 1. The van der Waals surface area contributed by atoms with Crippen LogP contribution < -0.4 is 5.32 Å². The van der Waals surface area contributed by atoms with Crippen LogP contribution in [0, 0.1) is 5.41 Å². The van der Waals surface area contributed by atoms with Crippen LogP contribution in [0.15, 0.2) is 0 Å². The zero-order valence-corrected chi connectivity index (χ0v) is 5.44. The van der Waals surface area contributed by atoms with Gasteiger partial charge in [-0.2, -0.15) is 0 Å². The average Bonchev–Trinajstić information content (AvgIpc) is 2.44. The number of ketones is 1. The zero-order chi connectivity index (χ0) is 6.32. The van der Waals surface area contributed by atoms with E-state index in [1.165, 1.54) is 0 Å². The van der Waals surface area contributed by atoms with E-state index in [0.29, 0.717) is 5.78 Å². The molecule has 2 nitrogen and oxygen atoms in total. The molecule has 2 rings (SSSR count). The molecule has 1 saturated heterocycles. The van der Waals surface area contributed by atoms with Gasteiger partial charge in [-0.3, -0.25) is 4.79 Å². The molecule has 0 atom stereocenters. The van der Waals surface area contributed by atoms with Crippen LogP contribution >= 0.6 is 0 Å². The van der Waals surface area contributed by atoms with E-state index in [-0.39, 0.29) is 5.41 Å². The molecule has 0 unspecified atom stereocenters. The standard InChI is InChI=1S/C7H11NO/c9-6-5-7(6)1-3-8-4-2-7/h8H,1-5H2. The largest absolute Gasteiger partial charge is 0.317 e. The van der Waals surface area contributed by atoms with E-state index in [2.05, 4.69) is 5.32 Å². The zero-order valence-electron chi connectivity index (χ0n) is 5.44. The SMILES string of the molecule is O=C1CC12CCNCC2. The molecule has 0 amide bonds. The molecule has 2 heteroatoms. The summed E-state index contributed by atoms with van der Waals surface area (Å²) in [6.07, 6.45) is 3.05. The third kappa shape index (κ3) is 0.697. The summed E-state index contributed by atoms with van der Waals surface area (Å²) < 4.78 is 0.